The van der Waals surface area contributed by atoms with Crippen LogP contribution >= 0.6 is 11.8 Å². The molecule has 2 amide bonds. The van der Waals surface area contributed by atoms with Crippen LogP contribution in [0.15, 0.2) is 65.8 Å². The van der Waals surface area contributed by atoms with Crippen molar-refractivity contribution in [2.45, 2.75) is 31.5 Å². The van der Waals surface area contributed by atoms with Crippen LogP contribution in [0.1, 0.15) is 35.1 Å². The Balaban J connectivity index is 1.37. The summed E-state index contributed by atoms with van der Waals surface area (Å²) in [6.45, 7) is 3.23. The number of nitrogens with one attached hydrogen (secondary N) is 1. The lowest BCUT2D eigenvalue weighted by Gasteiger charge is -2.29. The zero-order valence-corrected chi connectivity index (χ0v) is 26.0. The fourth-order valence-corrected chi connectivity index (χ4v) is 5.94. The second-order valence-electron chi connectivity index (χ2n) is 9.82. The molecule has 0 radical (unpaired) electrons. The molecule has 0 saturated heterocycles. The van der Waals surface area contributed by atoms with E-state index in [-0.39, 0.29) is 24.1 Å². The molecule has 1 N–H and O–H groups in total. The number of carbonyl (C=O) groups excluding carboxylic acids is 2. The summed E-state index contributed by atoms with van der Waals surface area (Å²) in [5, 5.41) is 12.2. The number of amides is 2. The summed E-state index contributed by atoms with van der Waals surface area (Å²) >= 11 is 1.31. The molecule has 0 unspecified atom stereocenters. The van der Waals surface area contributed by atoms with Crippen molar-refractivity contribution in [2.24, 2.45) is 0 Å². The number of fused-ring (bicyclic) bond motifs is 1. The van der Waals surface area contributed by atoms with Crippen LogP contribution in [0.3, 0.4) is 0 Å². The van der Waals surface area contributed by atoms with Gasteiger partial charge in [-0.2, -0.15) is 0 Å². The molecule has 0 fully saturated rings. The number of rotatable bonds is 12. The quantitative estimate of drug-likeness (QED) is 0.226. The highest BCUT2D eigenvalue weighted by atomic mass is 32.2. The molecule has 0 saturated carbocycles. The lowest BCUT2D eigenvalue weighted by molar-refractivity contribution is -0.116. The third-order valence-corrected chi connectivity index (χ3v) is 8.09. The average molecular weight is 618 g/mol. The number of ether oxygens (including phenoxy) is 4. The Bertz CT molecular complexity index is 1600. The van der Waals surface area contributed by atoms with Crippen LogP contribution in [0.2, 0.25) is 0 Å². The molecule has 44 heavy (non-hydrogen) atoms. The minimum absolute atomic E-state index is 0.000599. The second-order valence-corrected chi connectivity index (χ2v) is 10.8. The van der Waals surface area contributed by atoms with Crippen molar-refractivity contribution >= 4 is 29.3 Å². The zero-order valence-electron chi connectivity index (χ0n) is 25.2. The Morgan fingerprint density at radius 1 is 0.955 bits per heavy atom. The highest BCUT2D eigenvalue weighted by Gasteiger charge is 2.24. The smallest absolute Gasteiger partial charge is 0.251 e. The number of para-hydroxylation sites is 1. The number of aryl methyl sites for hydroxylation is 1. The number of benzene rings is 3. The van der Waals surface area contributed by atoms with Crippen molar-refractivity contribution in [2.75, 3.05) is 45.1 Å². The summed E-state index contributed by atoms with van der Waals surface area (Å²) in [6.07, 6.45) is 1.88. The highest BCUT2D eigenvalue weighted by Crippen LogP contribution is 2.38. The summed E-state index contributed by atoms with van der Waals surface area (Å²) in [6, 6.07) is 18.7. The van der Waals surface area contributed by atoms with Gasteiger partial charge < -0.3 is 29.2 Å². The molecule has 0 spiro atoms. The first-order chi connectivity index (χ1) is 21.5. The van der Waals surface area contributed by atoms with Crippen molar-refractivity contribution in [3.8, 4) is 28.7 Å². The van der Waals surface area contributed by atoms with Gasteiger partial charge in [-0.1, -0.05) is 30.0 Å². The summed E-state index contributed by atoms with van der Waals surface area (Å²) < 4.78 is 23.6. The van der Waals surface area contributed by atoms with E-state index in [1.165, 1.54) is 38.7 Å². The van der Waals surface area contributed by atoms with E-state index in [4.69, 9.17) is 18.9 Å². The maximum Gasteiger partial charge on any atom is 0.251 e. The number of thioether (sulfide) groups is 1. The predicted molar refractivity (Wildman–Crippen MR) is 168 cm³/mol. The van der Waals surface area contributed by atoms with Crippen LogP contribution in [-0.2, 0) is 17.8 Å². The molecule has 1 aromatic heterocycles. The first-order valence-corrected chi connectivity index (χ1v) is 15.2. The van der Waals surface area contributed by atoms with Gasteiger partial charge in [0.25, 0.3) is 5.91 Å². The summed E-state index contributed by atoms with van der Waals surface area (Å²) in [5.74, 6) is 2.18. The topological polar surface area (TPSA) is 117 Å². The normalized spacial score (nSPS) is 12.3. The van der Waals surface area contributed by atoms with Crippen molar-refractivity contribution < 1.29 is 28.5 Å². The number of aromatic nitrogens is 3. The summed E-state index contributed by atoms with van der Waals surface area (Å²) in [7, 11) is 4.49. The van der Waals surface area contributed by atoms with E-state index < -0.39 is 0 Å². The van der Waals surface area contributed by atoms with Gasteiger partial charge in [0.1, 0.15) is 5.75 Å². The van der Waals surface area contributed by atoms with Crippen LogP contribution in [0.5, 0.6) is 23.0 Å². The highest BCUT2D eigenvalue weighted by molar-refractivity contribution is 7.99. The first-order valence-electron chi connectivity index (χ1n) is 14.2. The van der Waals surface area contributed by atoms with Crippen LogP contribution in [0.25, 0.3) is 5.69 Å². The Kier molecular flexibility index (Phi) is 9.90. The van der Waals surface area contributed by atoms with Crippen molar-refractivity contribution in [3.63, 3.8) is 0 Å². The zero-order chi connectivity index (χ0) is 31.1. The van der Waals surface area contributed by atoms with Gasteiger partial charge in [0.05, 0.1) is 40.2 Å². The fraction of sp³-hybridized carbons (Fsp3) is 0.312. The van der Waals surface area contributed by atoms with E-state index in [2.05, 4.69) is 21.6 Å². The van der Waals surface area contributed by atoms with Crippen LogP contribution in [-0.4, -0.2) is 66.8 Å². The average Bonchev–Trinajstić information content (AvgIpc) is 3.48. The molecule has 0 bridgehead atoms. The molecule has 230 valence electrons. The monoisotopic (exact) mass is 617 g/mol. The summed E-state index contributed by atoms with van der Waals surface area (Å²) in [5.41, 5.74) is 3.25. The van der Waals surface area contributed by atoms with Crippen LogP contribution in [0.4, 0.5) is 5.69 Å². The van der Waals surface area contributed by atoms with Gasteiger partial charge >= 0.3 is 0 Å². The molecule has 11 nitrogen and oxygen atoms in total. The molecular formula is C32H35N5O6S. The molecule has 3 aromatic carbocycles. The third-order valence-electron chi connectivity index (χ3n) is 7.18. The van der Waals surface area contributed by atoms with E-state index in [1.54, 1.807) is 12.1 Å². The SMILES string of the molecule is CCOc1ccc(-n2c(CNC(=O)c3cc(OC)c(OC)c(OC)c3)nnc2SCC(=O)N2CCCc3ccccc32)cc1. The minimum atomic E-state index is -0.362. The van der Waals surface area contributed by atoms with E-state index in [0.29, 0.717) is 46.9 Å². The van der Waals surface area contributed by atoms with Crippen LogP contribution in [0, 0.1) is 0 Å². The molecule has 0 atom stereocenters. The molecular weight excluding hydrogens is 582 g/mol. The third kappa shape index (κ3) is 6.60. The van der Waals surface area contributed by atoms with Crippen molar-refractivity contribution in [1.82, 2.24) is 20.1 Å². The van der Waals surface area contributed by atoms with Gasteiger partial charge in [0.15, 0.2) is 22.5 Å². The lowest BCUT2D eigenvalue weighted by Crippen LogP contribution is -2.36. The molecule has 5 rings (SSSR count). The first kappa shape index (κ1) is 30.7. The molecule has 0 aliphatic carbocycles. The molecule has 1 aliphatic heterocycles. The van der Waals surface area contributed by atoms with Gasteiger partial charge in [-0.15, -0.1) is 10.2 Å². The second kappa shape index (κ2) is 14.2. The Labute approximate surface area is 260 Å². The Morgan fingerprint density at radius 2 is 1.68 bits per heavy atom. The van der Waals surface area contributed by atoms with Crippen molar-refractivity contribution in [3.05, 3.63) is 77.6 Å². The van der Waals surface area contributed by atoms with Gasteiger partial charge in [0.2, 0.25) is 11.7 Å². The largest absolute Gasteiger partial charge is 0.494 e. The van der Waals surface area contributed by atoms with Gasteiger partial charge in [0, 0.05) is 23.5 Å². The molecule has 1 aliphatic rings. The number of methoxy groups -OCH3 is 3. The fourth-order valence-electron chi connectivity index (χ4n) is 5.10. The predicted octanol–water partition coefficient (Wildman–Crippen LogP) is 4.69. The number of hydrogen-bond donors (Lipinski definition) is 1. The standard InChI is InChI=1S/C32H35N5O6S/c1-5-43-24-14-12-23(13-15-24)37-28(19-33-31(39)22-17-26(40-2)30(42-4)27(18-22)41-3)34-35-32(37)44-20-29(38)36-16-8-10-21-9-6-7-11-25(21)36/h6-7,9,11-15,17-18H,5,8,10,16,19-20H2,1-4H3,(H,33,39). The van der Waals surface area contributed by atoms with Gasteiger partial charge in [-0.25, -0.2) is 0 Å². The van der Waals surface area contributed by atoms with E-state index >= 15 is 0 Å². The van der Waals surface area contributed by atoms with Gasteiger partial charge in [-0.05, 0) is 67.8 Å². The lowest BCUT2D eigenvalue weighted by atomic mass is 10.0. The Morgan fingerprint density at radius 3 is 2.36 bits per heavy atom. The van der Waals surface area contributed by atoms with E-state index in [1.807, 2.05) is 58.9 Å². The minimum Gasteiger partial charge on any atom is -0.494 e. The number of anilines is 1. The maximum atomic E-state index is 13.4. The summed E-state index contributed by atoms with van der Waals surface area (Å²) in [4.78, 5) is 28.4. The number of hydrogen-bond acceptors (Lipinski definition) is 9. The number of nitrogens with zero attached hydrogens (tertiary/aromatic N) is 4. The Hall–Kier alpha value is -4.71. The van der Waals surface area contributed by atoms with Crippen LogP contribution < -0.4 is 29.2 Å². The number of carbonyl (C=O) groups is 2. The molecule has 4 aromatic rings. The maximum absolute atomic E-state index is 13.4. The van der Waals surface area contributed by atoms with Gasteiger partial charge in [-0.3, -0.25) is 14.2 Å². The van der Waals surface area contributed by atoms with E-state index in [9.17, 15) is 9.59 Å². The molecule has 12 heteroatoms. The van der Waals surface area contributed by atoms with Crippen molar-refractivity contribution in [1.29, 1.82) is 0 Å². The molecule has 2 heterocycles. The van der Waals surface area contributed by atoms with E-state index in [0.717, 1.165) is 30.0 Å².